The predicted molar refractivity (Wildman–Crippen MR) is 63.3 cm³/mol. The second-order valence-corrected chi connectivity index (χ2v) is 3.37. The van der Waals surface area contributed by atoms with Gasteiger partial charge < -0.3 is 10.0 Å². The molecule has 0 aliphatic carbocycles. The summed E-state index contributed by atoms with van der Waals surface area (Å²) in [5, 5.41) is 7.91. The molecule has 0 unspecified atom stereocenters. The summed E-state index contributed by atoms with van der Waals surface area (Å²) in [5.41, 5.74) is 1.25. The minimum Gasteiger partial charge on any atom is -0.481 e. The number of carboxylic acid groups (broad SMARTS) is 1. The SMILES string of the molecule is CCCC(=O)O.CN(C)c1ccccc1. The summed E-state index contributed by atoms with van der Waals surface area (Å²) in [4.78, 5) is 11.7. The van der Waals surface area contributed by atoms with Crippen molar-refractivity contribution in [3.8, 4) is 0 Å². The highest BCUT2D eigenvalue weighted by Gasteiger charge is 1.88. The Bertz CT molecular complexity index is 270. The van der Waals surface area contributed by atoms with Gasteiger partial charge in [-0.25, -0.2) is 0 Å². The van der Waals surface area contributed by atoms with Crippen LogP contribution in [-0.4, -0.2) is 25.2 Å². The molecule has 0 aliphatic rings. The Morgan fingerprint density at radius 1 is 1.27 bits per heavy atom. The summed E-state index contributed by atoms with van der Waals surface area (Å²) in [6, 6.07) is 10.3. The van der Waals surface area contributed by atoms with E-state index >= 15 is 0 Å². The fraction of sp³-hybridized carbons (Fsp3) is 0.417. The van der Waals surface area contributed by atoms with E-state index in [1.807, 2.05) is 39.2 Å². The van der Waals surface area contributed by atoms with Crippen LogP contribution in [0.1, 0.15) is 19.8 Å². The lowest BCUT2D eigenvalue weighted by atomic mass is 10.3. The van der Waals surface area contributed by atoms with Gasteiger partial charge in [-0.15, -0.1) is 0 Å². The maximum Gasteiger partial charge on any atom is 0.303 e. The fourth-order valence-electron chi connectivity index (χ4n) is 0.940. The Hall–Kier alpha value is -1.51. The Balaban J connectivity index is 0.000000288. The zero-order valence-electron chi connectivity index (χ0n) is 9.60. The first-order valence-electron chi connectivity index (χ1n) is 5.02. The second-order valence-electron chi connectivity index (χ2n) is 3.37. The molecule has 1 aromatic rings. The maximum absolute atomic E-state index is 9.60. The van der Waals surface area contributed by atoms with Crippen LogP contribution in [0.2, 0.25) is 0 Å². The molecular formula is C12H19NO2. The molecule has 0 aliphatic heterocycles. The van der Waals surface area contributed by atoms with Crippen LogP contribution in [0.25, 0.3) is 0 Å². The minimum absolute atomic E-state index is 0.292. The first-order valence-corrected chi connectivity index (χ1v) is 5.02. The molecule has 84 valence electrons. The monoisotopic (exact) mass is 209 g/mol. The molecule has 0 saturated heterocycles. The highest BCUT2D eigenvalue weighted by molar-refractivity contribution is 5.66. The normalized spacial score (nSPS) is 8.73. The Kier molecular flexibility index (Phi) is 7.06. The molecule has 0 radical (unpaired) electrons. The number of nitrogens with zero attached hydrogens (tertiary/aromatic N) is 1. The fourth-order valence-corrected chi connectivity index (χ4v) is 0.940. The molecule has 0 fully saturated rings. The van der Waals surface area contributed by atoms with Gasteiger partial charge in [-0.3, -0.25) is 4.79 Å². The third-order valence-corrected chi connectivity index (χ3v) is 1.74. The van der Waals surface area contributed by atoms with Gasteiger partial charge in [0.15, 0.2) is 0 Å². The van der Waals surface area contributed by atoms with E-state index in [1.165, 1.54) is 5.69 Å². The maximum atomic E-state index is 9.60. The number of hydrogen-bond donors (Lipinski definition) is 1. The van der Waals surface area contributed by atoms with Crippen LogP contribution in [0, 0.1) is 0 Å². The highest BCUT2D eigenvalue weighted by Crippen LogP contribution is 2.07. The average molecular weight is 209 g/mol. The number of hydrogen-bond acceptors (Lipinski definition) is 2. The molecule has 1 rings (SSSR count). The molecule has 0 atom stereocenters. The second kappa shape index (κ2) is 7.85. The molecule has 0 saturated carbocycles. The highest BCUT2D eigenvalue weighted by atomic mass is 16.4. The largest absolute Gasteiger partial charge is 0.481 e. The molecule has 3 nitrogen and oxygen atoms in total. The van der Waals surface area contributed by atoms with Crippen molar-refractivity contribution in [2.45, 2.75) is 19.8 Å². The van der Waals surface area contributed by atoms with Gasteiger partial charge in [0.25, 0.3) is 0 Å². The first-order chi connectivity index (χ1) is 7.07. The van der Waals surface area contributed by atoms with Crippen molar-refractivity contribution >= 4 is 11.7 Å². The molecule has 0 spiro atoms. The van der Waals surface area contributed by atoms with Gasteiger partial charge in [0.1, 0.15) is 0 Å². The van der Waals surface area contributed by atoms with Gasteiger partial charge in [-0.2, -0.15) is 0 Å². The lowest BCUT2D eigenvalue weighted by Crippen LogP contribution is -2.07. The molecular weight excluding hydrogens is 190 g/mol. The lowest BCUT2D eigenvalue weighted by molar-refractivity contribution is -0.137. The van der Waals surface area contributed by atoms with Gasteiger partial charge in [0.05, 0.1) is 0 Å². The standard InChI is InChI=1S/C8H11N.C4H8O2/c1-9(2)8-6-4-3-5-7-8;1-2-3-4(5)6/h3-7H,1-2H3;2-3H2,1H3,(H,5,6). The summed E-state index contributed by atoms with van der Waals surface area (Å²) in [6.45, 7) is 1.84. The summed E-state index contributed by atoms with van der Waals surface area (Å²) in [6.07, 6.45) is 1.02. The van der Waals surface area contributed by atoms with E-state index in [2.05, 4.69) is 17.0 Å². The van der Waals surface area contributed by atoms with E-state index in [0.29, 0.717) is 6.42 Å². The number of para-hydroxylation sites is 1. The summed E-state index contributed by atoms with van der Waals surface area (Å²) >= 11 is 0. The van der Waals surface area contributed by atoms with Gasteiger partial charge in [-0.1, -0.05) is 25.1 Å². The van der Waals surface area contributed by atoms with E-state index in [4.69, 9.17) is 5.11 Å². The van der Waals surface area contributed by atoms with Crippen molar-refractivity contribution in [1.29, 1.82) is 0 Å². The van der Waals surface area contributed by atoms with Crippen molar-refractivity contribution in [3.05, 3.63) is 30.3 Å². The number of aliphatic carboxylic acids is 1. The van der Waals surface area contributed by atoms with Crippen molar-refractivity contribution in [3.63, 3.8) is 0 Å². The van der Waals surface area contributed by atoms with E-state index < -0.39 is 5.97 Å². The minimum atomic E-state index is -0.711. The first kappa shape index (κ1) is 13.5. The van der Waals surface area contributed by atoms with Gasteiger partial charge in [0, 0.05) is 26.2 Å². The topological polar surface area (TPSA) is 40.5 Å². The number of carboxylic acids is 1. The van der Waals surface area contributed by atoms with Crippen molar-refractivity contribution in [2.24, 2.45) is 0 Å². The van der Waals surface area contributed by atoms with Crippen LogP contribution in [0.15, 0.2) is 30.3 Å². The van der Waals surface area contributed by atoms with Crippen molar-refractivity contribution < 1.29 is 9.90 Å². The van der Waals surface area contributed by atoms with Crippen LogP contribution in [0.5, 0.6) is 0 Å². The van der Waals surface area contributed by atoms with Gasteiger partial charge in [-0.05, 0) is 18.6 Å². The summed E-state index contributed by atoms with van der Waals surface area (Å²) < 4.78 is 0. The molecule has 3 heteroatoms. The predicted octanol–water partition coefficient (Wildman–Crippen LogP) is 2.62. The Labute approximate surface area is 91.3 Å². The average Bonchev–Trinajstić information content (AvgIpc) is 2.20. The summed E-state index contributed by atoms with van der Waals surface area (Å²) in [5.74, 6) is -0.711. The lowest BCUT2D eigenvalue weighted by Gasteiger charge is -2.10. The van der Waals surface area contributed by atoms with E-state index in [1.54, 1.807) is 0 Å². The van der Waals surface area contributed by atoms with Crippen molar-refractivity contribution in [2.75, 3.05) is 19.0 Å². The third kappa shape index (κ3) is 7.55. The quantitative estimate of drug-likeness (QED) is 0.832. The Morgan fingerprint density at radius 3 is 2.00 bits per heavy atom. The molecule has 15 heavy (non-hydrogen) atoms. The van der Waals surface area contributed by atoms with Crippen LogP contribution in [0.4, 0.5) is 5.69 Å². The van der Waals surface area contributed by atoms with E-state index in [0.717, 1.165) is 6.42 Å². The third-order valence-electron chi connectivity index (χ3n) is 1.74. The molecule has 0 heterocycles. The van der Waals surface area contributed by atoms with Crippen LogP contribution in [0.3, 0.4) is 0 Å². The molecule has 0 bridgehead atoms. The zero-order chi connectivity index (χ0) is 11.7. The van der Waals surface area contributed by atoms with E-state index in [9.17, 15) is 4.79 Å². The smallest absolute Gasteiger partial charge is 0.303 e. The molecule has 0 aromatic heterocycles. The van der Waals surface area contributed by atoms with Crippen LogP contribution >= 0.6 is 0 Å². The van der Waals surface area contributed by atoms with Crippen molar-refractivity contribution in [1.82, 2.24) is 0 Å². The molecule has 1 N–H and O–H groups in total. The van der Waals surface area contributed by atoms with Crippen LogP contribution < -0.4 is 4.90 Å². The number of rotatable bonds is 3. The summed E-state index contributed by atoms with van der Waals surface area (Å²) in [7, 11) is 4.07. The van der Waals surface area contributed by atoms with E-state index in [-0.39, 0.29) is 0 Å². The Morgan fingerprint density at radius 2 is 1.80 bits per heavy atom. The van der Waals surface area contributed by atoms with Gasteiger partial charge in [0.2, 0.25) is 0 Å². The van der Waals surface area contributed by atoms with Crippen LogP contribution in [-0.2, 0) is 4.79 Å². The number of carbonyl (C=O) groups is 1. The molecule has 0 amide bonds. The van der Waals surface area contributed by atoms with Gasteiger partial charge >= 0.3 is 5.97 Å². The number of anilines is 1. The molecule has 1 aromatic carbocycles. The zero-order valence-corrected chi connectivity index (χ0v) is 9.60. The number of benzene rings is 1.